The van der Waals surface area contributed by atoms with Crippen LogP contribution >= 0.6 is 8.60 Å². The van der Waals surface area contributed by atoms with E-state index < -0.39 is 8.60 Å². The van der Waals surface area contributed by atoms with Crippen LogP contribution in [0, 0.1) is 0 Å². The Morgan fingerprint density at radius 1 is 0.632 bits per heavy atom. The Morgan fingerprint density at radius 3 is 1.53 bits per heavy atom. The average Bonchev–Trinajstić information content (AvgIpc) is 2.90. The summed E-state index contributed by atoms with van der Waals surface area (Å²) >= 11 is 0. The maximum absolute atomic E-state index is 10.5. The summed E-state index contributed by atoms with van der Waals surface area (Å²) in [7, 11) is -1.91. The van der Waals surface area contributed by atoms with Gasteiger partial charge in [-0.2, -0.15) is 0 Å². The predicted molar refractivity (Wildman–Crippen MR) is 168 cm³/mol. The van der Waals surface area contributed by atoms with E-state index in [-0.39, 0.29) is 10.8 Å². The molecular formula is C34H63O3P. The standard InChI is InChI=1S/C34H63O3P/c1-8-11-12-13-14-15-16-17-18-19-20-21-22-23-24-25-28-36-38(35)37-32-27-26-30(33(4,5)9-2)29-31(32)34(6,7)10-3/h26-27,29,35H,8-25,28H2,1-7H3. The van der Waals surface area contributed by atoms with E-state index in [1.807, 2.05) is 6.07 Å². The Bertz CT molecular complexity index is 716. The van der Waals surface area contributed by atoms with Crippen LogP contribution in [0.15, 0.2) is 18.2 Å². The zero-order valence-corrected chi connectivity index (χ0v) is 27.3. The molecule has 1 rings (SSSR count). The third-order valence-electron chi connectivity index (χ3n) is 8.63. The molecule has 0 heterocycles. The molecule has 1 unspecified atom stereocenters. The Morgan fingerprint density at radius 2 is 1.08 bits per heavy atom. The molecule has 0 saturated carbocycles. The van der Waals surface area contributed by atoms with Gasteiger partial charge in [0.2, 0.25) is 0 Å². The zero-order valence-electron chi connectivity index (χ0n) is 26.4. The molecule has 0 fully saturated rings. The number of hydrogen-bond donors (Lipinski definition) is 1. The molecule has 3 nitrogen and oxygen atoms in total. The second kappa shape index (κ2) is 20.3. The summed E-state index contributed by atoms with van der Waals surface area (Å²) in [5.74, 6) is 0.757. The quantitative estimate of drug-likeness (QED) is 0.103. The first kappa shape index (κ1) is 35.4. The van der Waals surface area contributed by atoms with Gasteiger partial charge in [-0.05, 0) is 41.7 Å². The molecule has 0 aliphatic heterocycles. The molecule has 1 N–H and O–H groups in total. The van der Waals surface area contributed by atoms with Gasteiger partial charge >= 0.3 is 8.60 Å². The smallest absolute Gasteiger partial charge is 0.394 e. The first-order valence-corrected chi connectivity index (χ1v) is 17.3. The molecule has 0 amide bonds. The lowest BCUT2D eigenvalue weighted by molar-refractivity contribution is 0.252. The summed E-state index contributed by atoms with van der Waals surface area (Å²) in [5, 5.41) is 0. The molecule has 1 atom stereocenters. The fourth-order valence-corrected chi connectivity index (χ4v) is 5.52. The molecule has 1 aromatic rings. The van der Waals surface area contributed by atoms with E-state index in [4.69, 9.17) is 9.05 Å². The monoisotopic (exact) mass is 550 g/mol. The highest BCUT2D eigenvalue weighted by atomic mass is 31.2. The highest BCUT2D eigenvalue weighted by Crippen LogP contribution is 2.43. The van der Waals surface area contributed by atoms with Gasteiger partial charge in [0.15, 0.2) is 0 Å². The number of unbranched alkanes of at least 4 members (excludes halogenated alkanes) is 15. The molecule has 0 saturated heterocycles. The molecule has 4 heteroatoms. The van der Waals surface area contributed by atoms with Gasteiger partial charge in [0, 0.05) is 5.56 Å². The van der Waals surface area contributed by atoms with E-state index >= 15 is 0 Å². The van der Waals surface area contributed by atoms with Gasteiger partial charge in [0.25, 0.3) is 0 Å². The van der Waals surface area contributed by atoms with Crippen LogP contribution in [0.1, 0.15) is 175 Å². The minimum atomic E-state index is -1.91. The van der Waals surface area contributed by atoms with Gasteiger partial charge in [-0.25, -0.2) is 0 Å². The fourth-order valence-electron chi connectivity index (χ4n) is 4.86. The summed E-state index contributed by atoms with van der Waals surface area (Å²) in [6.07, 6.45) is 23.7. The number of benzene rings is 1. The summed E-state index contributed by atoms with van der Waals surface area (Å²) in [6, 6.07) is 6.46. The second-order valence-corrected chi connectivity index (χ2v) is 13.6. The van der Waals surface area contributed by atoms with Gasteiger partial charge in [0.05, 0.1) is 6.61 Å². The molecular weight excluding hydrogens is 487 g/mol. The Labute approximate surface area is 238 Å². The fraction of sp³-hybridized carbons (Fsp3) is 0.824. The highest BCUT2D eigenvalue weighted by Gasteiger charge is 2.27. The van der Waals surface area contributed by atoms with Crippen molar-refractivity contribution in [3.8, 4) is 5.75 Å². The number of rotatable bonds is 24. The van der Waals surface area contributed by atoms with Crippen LogP contribution in [-0.2, 0) is 15.4 Å². The van der Waals surface area contributed by atoms with Crippen molar-refractivity contribution >= 4 is 8.60 Å². The summed E-state index contributed by atoms with van der Waals surface area (Å²) in [6.45, 7) is 16.3. The van der Waals surface area contributed by atoms with Crippen LogP contribution in [0.2, 0.25) is 0 Å². The van der Waals surface area contributed by atoms with Crippen LogP contribution in [-0.4, -0.2) is 11.5 Å². The Kier molecular flexibility index (Phi) is 18.9. The van der Waals surface area contributed by atoms with Crippen molar-refractivity contribution in [2.24, 2.45) is 0 Å². The normalized spacial score (nSPS) is 13.2. The van der Waals surface area contributed by atoms with Crippen molar-refractivity contribution in [1.82, 2.24) is 0 Å². The topological polar surface area (TPSA) is 38.7 Å². The van der Waals surface area contributed by atoms with E-state index in [0.29, 0.717) is 6.61 Å². The molecule has 1 aromatic carbocycles. The maximum atomic E-state index is 10.5. The van der Waals surface area contributed by atoms with Crippen molar-refractivity contribution in [1.29, 1.82) is 0 Å². The van der Waals surface area contributed by atoms with Crippen LogP contribution in [0.4, 0.5) is 0 Å². The lowest BCUT2D eigenvalue weighted by Crippen LogP contribution is -2.20. The van der Waals surface area contributed by atoms with Crippen LogP contribution < -0.4 is 4.52 Å². The van der Waals surface area contributed by atoms with Crippen molar-refractivity contribution in [3.63, 3.8) is 0 Å². The van der Waals surface area contributed by atoms with Gasteiger partial charge in [-0.1, -0.05) is 157 Å². The second-order valence-electron chi connectivity index (χ2n) is 12.7. The molecule has 0 radical (unpaired) electrons. The van der Waals surface area contributed by atoms with Gasteiger partial charge in [-0.3, -0.25) is 0 Å². The first-order valence-electron chi connectivity index (χ1n) is 16.1. The largest absolute Gasteiger partial charge is 0.427 e. The van der Waals surface area contributed by atoms with Crippen LogP contribution in [0.25, 0.3) is 0 Å². The van der Waals surface area contributed by atoms with Crippen molar-refractivity contribution in [3.05, 3.63) is 29.3 Å². The van der Waals surface area contributed by atoms with Crippen molar-refractivity contribution < 1.29 is 13.9 Å². The average molecular weight is 551 g/mol. The van der Waals surface area contributed by atoms with Crippen LogP contribution in [0.5, 0.6) is 5.75 Å². The lowest BCUT2D eigenvalue weighted by Gasteiger charge is -2.30. The van der Waals surface area contributed by atoms with Crippen molar-refractivity contribution in [2.75, 3.05) is 6.61 Å². The third-order valence-corrected chi connectivity index (χ3v) is 9.39. The Hall–Kier alpha value is -0.630. The minimum absolute atomic E-state index is 0.0285. The molecule has 0 aliphatic rings. The molecule has 222 valence electrons. The molecule has 0 aliphatic carbocycles. The SMILES string of the molecule is CCCCCCCCCCCCCCCCCCOP(O)Oc1ccc(C(C)(C)CC)cc1C(C)(C)CC. The van der Waals surface area contributed by atoms with E-state index in [0.717, 1.165) is 37.0 Å². The molecule has 0 spiro atoms. The summed E-state index contributed by atoms with van der Waals surface area (Å²) < 4.78 is 11.6. The van der Waals surface area contributed by atoms with Gasteiger partial charge in [0.1, 0.15) is 5.75 Å². The predicted octanol–water partition coefficient (Wildman–Crippen LogP) is 11.9. The first-order chi connectivity index (χ1) is 18.2. The van der Waals surface area contributed by atoms with E-state index in [9.17, 15) is 4.89 Å². The van der Waals surface area contributed by atoms with Gasteiger partial charge < -0.3 is 13.9 Å². The molecule has 38 heavy (non-hydrogen) atoms. The number of hydrogen-bond acceptors (Lipinski definition) is 3. The van der Waals surface area contributed by atoms with E-state index in [1.54, 1.807) is 0 Å². The minimum Gasteiger partial charge on any atom is -0.427 e. The summed E-state index contributed by atoms with van der Waals surface area (Å²) in [4.78, 5) is 10.5. The molecule has 0 bridgehead atoms. The lowest BCUT2D eigenvalue weighted by atomic mass is 9.76. The highest BCUT2D eigenvalue weighted by molar-refractivity contribution is 7.41. The maximum Gasteiger partial charge on any atom is 0.394 e. The third kappa shape index (κ3) is 14.7. The van der Waals surface area contributed by atoms with Crippen LogP contribution in [0.3, 0.4) is 0 Å². The zero-order chi connectivity index (χ0) is 28.3. The van der Waals surface area contributed by atoms with E-state index in [2.05, 4.69) is 60.6 Å². The van der Waals surface area contributed by atoms with Gasteiger partial charge in [-0.15, -0.1) is 0 Å². The molecule has 0 aromatic heterocycles. The van der Waals surface area contributed by atoms with Crippen molar-refractivity contribution in [2.45, 2.75) is 175 Å². The Balaban J connectivity index is 2.19. The summed E-state index contributed by atoms with van der Waals surface area (Å²) in [5.41, 5.74) is 2.57. The van der Waals surface area contributed by atoms with E-state index in [1.165, 1.54) is 95.5 Å².